The van der Waals surface area contributed by atoms with Crippen molar-refractivity contribution in [2.45, 2.75) is 33.3 Å². The Kier molecular flexibility index (Phi) is 5.93. The number of aliphatic hydroxyl groups is 1. The van der Waals surface area contributed by atoms with Gasteiger partial charge in [0.2, 0.25) is 6.41 Å². The highest BCUT2D eigenvalue weighted by atomic mass is 79.9. The highest BCUT2D eigenvalue weighted by Gasteiger charge is 2.30. The Hall–Kier alpha value is -1.89. The van der Waals surface area contributed by atoms with E-state index in [1.165, 1.54) is 6.08 Å². The van der Waals surface area contributed by atoms with Gasteiger partial charge in [0.1, 0.15) is 17.2 Å². The number of nitrogens with zero attached hydrogens (tertiary/aromatic N) is 1. The number of carbonyl (C=O) groups excluding carboxylic acids is 2. The number of amidine groups is 1. The van der Waals surface area contributed by atoms with Crippen molar-refractivity contribution >= 4 is 34.3 Å². The number of nitrogens with one attached hydrogen (secondary N) is 1. The molecule has 0 bridgehead atoms. The molecule has 23 heavy (non-hydrogen) atoms. The fraction of sp³-hybridized carbons (Fsp3) is 0.438. The highest BCUT2D eigenvalue weighted by Crippen LogP contribution is 2.30. The van der Waals surface area contributed by atoms with Gasteiger partial charge in [0.25, 0.3) is 0 Å². The van der Waals surface area contributed by atoms with Crippen molar-refractivity contribution < 1.29 is 19.4 Å². The SMILES string of the molecule is CC1(CBr)C=CC=C(O)C(C(=N)N(C=O)C(=O)OC(C)(C)C)=C1. The van der Waals surface area contributed by atoms with Gasteiger partial charge in [-0.2, -0.15) is 0 Å². The van der Waals surface area contributed by atoms with Gasteiger partial charge in [-0.15, -0.1) is 0 Å². The molecule has 2 N–H and O–H groups in total. The Bertz CT molecular complexity index is 602. The van der Waals surface area contributed by atoms with E-state index in [2.05, 4.69) is 15.9 Å². The molecule has 1 atom stereocenters. The Labute approximate surface area is 144 Å². The molecule has 0 radical (unpaired) electrons. The van der Waals surface area contributed by atoms with Crippen LogP contribution in [0.15, 0.2) is 35.6 Å². The quantitative estimate of drug-likeness (QED) is 0.336. The molecule has 0 saturated heterocycles. The second kappa shape index (κ2) is 7.12. The Morgan fingerprint density at radius 3 is 2.61 bits per heavy atom. The van der Waals surface area contributed by atoms with Crippen LogP contribution in [-0.4, -0.2) is 39.3 Å². The maximum absolute atomic E-state index is 12.1. The van der Waals surface area contributed by atoms with E-state index >= 15 is 0 Å². The minimum atomic E-state index is -0.969. The molecular weight excluding hydrogens is 364 g/mol. The predicted molar refractivity (Wildman–Crippen MR) is 91.7 cm³/mol. The minimum absolute atomic E-state index is 0.0786. The zero-order valence-corrected chi connectivity index (χ0v) is 15.2. The van der Waals surface area contributed by atoms with Gasteiger partial charge in [-0.05, 0) is 26.8 Å². The van der Waals surface area contributed by atoms with Crippen LogP contribution in [0.25, 0.3) is 0 Å². The summed E-state index contributed by atoms with van der Waals surface area (Å²) in [5, 5.41) is 18.8. The summed E-state index contributed by atoms with van der Waals surface area (Å²) in [5.74, 6) is -0.648. The number of hydrogen-bond donors (Lipinski definition) is 2. The molecule has 126 valence electrons. The lowest BCUT2D eigenvalue weighted by atomic mass is 9.90. The molecule has 0 spiro atoms. The summed E-state index contributed by atoms with van der Waals surface area (Å²) in [6, 6.07) is 0. The number of rotatable bonds is 3. The first-order chi connectivity index (χ1) is 10.5. The smallest absolute Gasteiger partial charge is 0.422 e. The first kappa shape index (κ1) is 19.2. The summed E-state index contributed by atoms with van der Waals surface area (Å²) >= 11 is 3.38. The van der Waals surface area contributed by atoms with Crippen LogP contribution in [0.5, 0.6) is 0 Å². The normalized spacial score (nSPS) is 20.9. The Balaban J connectivity index is 3.18. The number of hydrogen-bond acceptors (Lipinski definition) is 5. The predicted octanol–water partition coefficient (Wildman–Crippen LogP) is 3.70. The second-order valence-corrected chi connectivity index (χ2v) is 6.97. The highest BCUT2D eigenvalue weighted by molar-refractivity contribution is 9.09. The van der Waals surface area contributed by atoms with Crippen LogP contribution in [0, 0.1) is 10.8 Å². The standard InChI is InChI=1S/C16H21BrN2O4/c1-15(2,3)23-14(22)19(10-20)13(18)11-8-16(4,9-17)7-5-6-12(11)21/h5-8,10,18,21H,9H2,1-4H3. The molecule has 1 unspecified atom stereocenters. The lowest BCUT2D eigenvalue weighted by Crippen LogP contribution is -2.40. The van der Waals surface area contributed by atoms with E-state index in [1.54, 1.807) is 32.9 Å². The maximum atomic E-state index is 12.1. The van der Waals surface area contributed by atoms with Crippen molar-refractivity contribution in [3.05, 3.63) is 35.6 Å². The molecule has 0 aromatic rings. The number of alkyl halides is 1. The lowest BCUT2D eigenvalue weighted by molar-refractivity contribution is -0.114. The molecule has 1 aliphatic carbocycles. The van der Waals surface area contributed by atoms with E-state index < -0.39 is 22.9 Å². The molecular formula is C16H21BrN2O4. The summed E-state index contributed by atoms with van der Waals surface area (Å²) in [4.78, 5) is 23.9. The van der Waals surface area contributed by atoms with Crippen LogP contribution in [0.4, 0.5) is 4.79 Å². The molecule has 0 aliphatic heterocycles. The molecule has 0 heterocycles. The fourth-order valence-corrected chi connectivity index (χ4v) is 2.15. The Morgan fingerprint density at radius 1 is 1.52 bits per heavy atom. The first-order valence-electron chi connectivity index (χ1n) is 6.97. The van der Waals surface area contributed by atoms with E-state index in [9.17, 15) is 14.7 Å². The Morgan fingerprint density at radius 2 is 2.13 bits per heavy atom. The number of halogens is 1. The molecule has 2 amide bonds. The zero-order valence-electron chi connectivity index (χ0n) is 13.6. The van der Waals surface area contributed by atoms with Gasteiger partial charge in [-0.25, -0.2) is 9.69 Å². The van der Waals surface area contributed by atoms with Gasteiger partial charge in [-0.1, -0.05) is 41.1 Å². The van der Waals surface area contributed by atoms with Gasteiger partial charge in [0.15, 0.2) is 0 Å². The summed E-state index contributed by atoms with van der Waals surface area (Å²) < 4.78 is 5.11. The molecule has 1 rings (SSSR count). The van der Waals surface area contributed by atoms with Crippen LogP contribution in [0.3, 0.4) is 0 Å². The van der Waals surface area contributed by atoms with E-state index in [0.717, 1.165) is 0 Å². The fourth-order valence-electron chi connectivity index (χ4n) is 1.80. The summed E-state index contributed by atoms with van der Waals surface area (Å²) in [6.45, 7) is 6.86. The number of amides is 2. The van der Waals surface area contributed by atoms with Crippen LogP contribution in [-0.2, 0) is 9.53 Å². The van der Waals surface area contributed by atoms with Gasteiger partial charge in [0.05, 0.1) is 5.57 Å². The largest absolute Gasteiger partial charge is 0.507 e. The molecule has 1 aliphatic rings. The van der Waals surface area contributed by atoms with Crippen molar-refractivity contribution in [1.29, 1.82) is 5.41 Å². The summed E-state index contributed by atoms with van der Waals surface area (Å²) in [7, 11) is 0. The van der Waals surface area contributed by atoms with Gasteiger partial charge < -0.3 is 9.84 Å². The summed E-state index contributed by atoms with van der Waals surface area (Å²) in [6.07, 6.45) is 5.77. The number of carbonyl (C=O) groups is 2. The first-order valence-corrected chi connectivity index (χ1v) is 8.09. The monoisotopic (exact) mass is 384 g/mol. The van der Waals surface area contributed by atoms with Crippen molar-refractivity contribution in [3.63, 3.8) is 0 Å². The number of allylic oxidation sites excluding steroid dienone is 4. The number of ether oxygens (including phenoxy) is 1. The van der Waals surface area contributed by atoms with E-state index in [4.69, 9.17) is 10.1 Å². The summed E-state index contributed by atoms with van der Waals surface area (Å²) in [5.41, 5.74) is -1.21. The van der Waals surface area contributed by atoms with Crippen LogP contribution < -0.4 is 0 Å². The molecule has 0 aromatic heterocycles. The van der Waals surface area contributed by atoms with Crippen molar-refractivity contribution in [2.24, 2.45) is 5.41 Å². The maximum Gasteiger partial charge on any atom is 0.422 e. The topological polar surface area (TPSA) is 90.7 Å². The molecule has 0 fully saturated rings. The van der Waals surface area contributed by atoms with Crippen molar-refractivity contribution in [1.82, 2.24) is 4.90 Å². The van der Waals surface area contributed by atoms with Crippen LogP contribution in [0.1, 0.15) is 27.7 Å². The molecule has 6 nitrogen and oxygen atoms in total. The molecule has 0 saturated carbocycles. The van der Waals surface area contributed by atoms with Crippen LogP contribution >= 0.6 is 15.9 Å². The van der Waals surface area contributed by atoms with E-state index in [0.29, 0.717) is 10.2 Å². The van der Waals surface area contributed by atoms with Crippen LogP contribution in [0.2, 0.25) is 0 Å². The zero-order chi connectivity index (χ0) is 17.8. The molecule has 7 heteroatoms. The molecule has 0 aromatic carbocycles. The van der Waals surface area contributed by atoms with Crippen molar-refractivity contribution in [3.8, 4) is 0 Å². The number of aliphatic hydroxyl groups excluding tert-OH is 1. The second-order valence-electron chi connectivity index (χ2n) is 6.41. The van der Waals surface area contributed by atoms with Gasteiger partial charge in [-0.3, -0.25) is 10.2 Å². The average molecular weight is 385 g/mol. The van der Waals surface area contributed by atoms with Gasteiger partial charge >= 0.3 is 6.09 Å². The third-order valence-corrected chi connectivity index (χ3v) is 4.17. The van der Waals surface area contributed by atoms with E-state index in [1.807, 2.05) is 13.0 Å². The number of imide groups is 1. The minimum Gasteiger partial charge on any atom is -0.507 e. The van der Waals surface area contributed by atoms with Crippen molar-refractivity contribution in [2.75, 3.05) is 5.33 Å². The van der Waals surface area contributed by atoms with Gasteiger partial charge in [0, 0.05) is 10.7 Å². The average Bonchev–Trinajstić information content (AvgIpc) is 2.57. The lowest BCUT2D eigenvalue weighted by Gasteiger charge is -2.25. The third-order valence-electron chi connectivity index (χ3n) is 2.96. The van der Waals surface area contributed by atoms with E-state index in [-0.39, 0.29) is 17.7 Å². The third kappa shape index (κ3) is 5.06.